The van der Waals surface area contributed by atoms with Gasteiger partial charge in [0.15, 0.2) is 0 Å². The average Bonchev–Trinajstić information content (AvgIpc) is 2.84. The molecule has 0 spiro atoms. The van der Waals surface area contributed by atoms with Crippen molar-refractivity contribution in [3.63, 3.8) is 0 Å². The van der Waals surface area contributed by atoms with Crippen molar-refractivity contribution in [2.24, 2.45) is 7.05 Å². The topological polar surface area (TPSA) is 44.1 Å². The fourth-order valence-corrected chi connectivity index (χ4v) is 3.21. The summed E-state index contributed by atoms with van der Waals surface area (Å²) < 4.78 is 6.98. The average molecular weight is 331 g/mol. The smallest absolute Gasteiger partial charge is 0.356 e. The molecule has 3 aromatic rings. The van der Waals surface area contributed by atoms with Crippen molar-refractivity contribution in [2.45, 2.75) is 26.2 Å². The second-order valence-corrected chi connectivity index (χ2v) is 6.10. The third-order valence-corrected chi connectivity index (χ3v) is 4.41. The van der Waals surface area contributed by atoms with Crippen molar-refractivity contribution in [2.75, 3.05) is 7.11 Å². The molecule has 2 aromatic heterocycles. The monoisotopic (exact) mass is 330 g/mol. The van der Waals surface area contributed by atoms with Crippen LogP contribution in [-0.2, 0) is 18.2 Å². The van der Waals surface area contributed by atoms with Crippen LogP contribution in [0.1, 0.15) is 35.9 Å². The van der Waals surface area contributed by atoms with Crippen molar-refractivity contribution in [1.29, 1.82) is 0 Å². The third-order valence-electron chi connectivity index (χ3n) is 4.17. The lowest BCUT2D eigenvalue weighted by atomic mass is 10.1. The maximum atomic E-state index is 12.0. The lowest BCUT2D eigenvalue weighted by Gasteiger charge is -2.07. The predicted molar refractivity (Wildman–Crippen MR) is 93.2 cm³/mol. The predicted octanol–water partition coefficient (Wildman–Crippen LogP) is 4.51. The zero-order valence-corrected chi connectivity index (χ0v) is 14.3. The van der Waals surface area contributed by atoms with Gasteiger partial charge in [0.2, 0.25) is 0 Å². The summed E-state index contributed by atoms with van der Waals surface area (Å²) in [5.41, 5.74) is 3.41. The Morgan fingerprint density at radius 3 is 2.78 bits per heavy atom. The quantitative estimate of drug-likeness (QED) is 0.661. The Labute approximate surface area is 140 Å². The molecule has 0 amide bonds. The number of carbonyl (C=O) groups excluding carboxylic acids is 1. The van der Waals surface area contributed by atoms with E-state index in [-0.39, 0.29) is 0 Å². The van der Waals surface area contributed by atoms with Crippen LogP contribution in [0.15, 0.2) is 24.3 Å². The molecule has 5 heteroatoms. The number of carbonyl (C=O) groups is 1. The highest BCUT2D eigenvalue weighted by molar-refractivity contribution is 6.32. The van der Waals surface area contributed by atoms with E-state index in [1.165, 1.54) is 7.11 Å². The first-order valence-electron chi connectivity index (χ1n) is 7.72. The van der Waals surface area contributed by atoms with Crippen LogP contribution >= 0.6 is 11.6 Å². The molecule has 0 N–H and O–H groups in total. The summed E-state index contributed by atoms with van der Waals surface area (Å²) >= 11 is 6.16. The molecule has 0 unspecified atom stereocenters. The number of methoxy groups -OCH3 is 1. The maximum absolute atomic E-state index is 12.0. The number of unbranched alkanes of at least 4 members (excludes halogenated alkanes) is 1. The van der Waals surface area contributed by atoms with Crippen molar-refractivity contribution >= 4 is 39.4 Å². The van der Waals surface area contributed by atoms with Crippen LogP contribution < -0.4 is 0 Å². The van der Waals surface area contributed by atoms with E-state index in [1.54, 1.807) is 6.07 Å². The molecule has 0 aliphatic heterocycles. The molecule has 0 atom stereocenters. The van der Waals surface area contributed by atoms with Gasteiger partial charge < -0.3 is 9.30 Å². The lowest BCUT2D eigenvalue weighted by Crippen LogP contribution is -2.07. The van der Waals surface area contributed by atoms with Crippen molar-refractivity contribution in [1.82, 2.24) is 9.55 Å². The van der Waals surface area contributed by atoms with Crippen LogP contribution in [-0.4, -0.2) is 22.6 Å². The second kappa shape index (κ2) is 6.20. The van der Waals surface area contributed by atoms with E-state index in [0.717, 1.165) is 46.8 Å². The van der Waals surface area contributed by atoms with Crippen LogP contribution in [0.5, 0.6) is 0 Å². The van der Waals surface area contributed by atoms with Gasteiger partial charge in [-0.25, -0.2) is 9.78 Å². The van der Waals surface area contributed by atoms with Gasteiger partial charge in [-0.05, 0) is 37.1 Å². The van der Waals surface area contributed by atoms with Gasteiger partial charge in [0.25, 0.3) is 0 Å². The molecular weight excluding hydrogens is 312 g/mol. The normalized spacial score (nSPS) is 11.3. The summed E-state index contributed by atoms with van der Waals surface area (Å²) in [6.07, 6.45) is 2.92. The standard InChI is InChI=1S/C18H19ClN2O2/c1-4-5-6-14-17-13(10-15(20-14)18(22)23-3)12-9-11(19)7-8-16(12)21(17)2/h7-10H,4-6H2,1-3H3. The van der Waals surface area contributed by atoms with E-state index in [4.69, 9.17) is 16.3 Å². The van der Waals surface area contributed by atoms with Crippen LogP contribution in [0.25, 0.3) is 21.8 Å². The van der Waals surface area contributed by atoms with E-state index in [2.05, 4.69) is 16.5 Å². The summed E-state index contributed by atoms with van der Waals surface area (Å²) in [7, 11) is 3.40. The molecule has 0 bridgehead atoms. The van der Waals surface area contributed by atoms with Gasteiger partial charge in [-0.15, -0.1) is 0 Å². The van der Waals surface area contributed by atoms with E-state index in [1.807, 2.05) is 25.2 Å². The van der Waals surface area contributed by atoms with Crippen LogP contribution in [0.3, 0.4) is 0 Å². The number of aromatic nitrogens is 2. The van der Waals surface area contributed by atoms with Crippen molar-refractivity contribution in [3.05, 3.63) is 40.7 Å². The molecule has 0 saturated heterocycles. The Kier molecular flexibility index (Phi) is 4.26. The van der Waals surface area contributed by atoms with Gasteiger partial charge in [0.1, 0.15) is 5.69 Å². The van der Waals surface area contributed by atoms with Crippen molar-refractivity contribution < 1.29 is 9.53 Å². The Bertz CT molecular complexity index is 899. The Balaban J connectivity index is 2.38. The first-order chi connectivity index (χ1) is 11.1. The molecule has 0 aliphatic rings. The maximum Gasteiger partial charge on any atom is 0.356 e. The Hall–Kier alpha value is -2.07. The van der Waals surface area contributed by atoms with Gasteiger partial charge in [-0.3, -0.25) is 0 Å². The van der Waals surface area contributed by atoms with E-state index < -0.39 is 5.97 Å². The summed E-state index contributed by atoms with van der Waals surface area (Å²) in [5.74, 6) is -0.413. The third kappa shape index (κ3) is 2.68. The summed E-state index contributed by atoms with van der Waals surface area (Å²) in [5, 5.41) is 2.70. The number of rotatable bonds is 4. The molecule has 0 radical (unpaired) electrons. The fourth-order valence-electron chi connectivity index (χ4n) is 3.04. The highest BCUT2D eigenvalue weighted by Gasteiger charge is 2.18. The lowest BCUT2D eigenvalue weighted by molar-refractivity contribution is 0.0594. The SMILES string of the molecule is CCCCc1nc(C(=O)OC)cc2c3cc(Cl)ccc3n(C)c12. The number of aryl methyl sites for hydroxylation is 2. The number of hydrogen-bond donors (Lipinski definition) is 0. The number of nitrogens with zero attached hydrogens (tertiary/aromatic N) is 2. The number of benzene rings is 1. The van der Waals surface area contributed by atoms with Gasteiger partial charge >= 0.3 is 5.97 Å². The minimum absolute atomic E-state index is 0.346. The molecule has 0 aliphatic carbocycles. The van der Waals surface area contributed by atoms with E-state index in [9.17, 15) is 4.79 Å². The summed E-state index contributed by atoms with van der Waals surface area (Å²) in [6.45, 7) is 2.14. The minimum atomic E-state index is -0.413. The van der Waals surface area contributed by atoms with E-state index >= 15 is 0 Å². The first kappa shape index (κ1) is 15.8. The number of halogens is 1. The Morgan fingerprint density at radius 1 is 1.30 bits per heavy atom. The fraction of sp³-hybridized carbons (Fsp3) is 0.333. The van der Waals surface area contributed by atoms with Gasteiger partial charge in [0, 0.05) is 28.4 Å². The summed E-state index contributed by atoms with van der Waals surface area (Å²) in [4.78, 5) is 16.5. The molecule has 1 aromatic carbocycles. The highest BCUT2D eigenvalue weighted by Crippen LogP contribution is 2.32. The zero-order chi connectivity index (χ0) is 16.6. The molecular formula is C18H19ClN2O2. The minimum Gasteiger partial charge on any atom is -0.464 e. The van der Waals surface area contributed by atoms with Crippen molar-refractivity contribution in [3.8, 4) is 0 Å². The first-order valence-corrected chi connectivity index (χ1v) is 8.10. The zero-order valence-electron chi connectivity index (χ0n) is 13.5. The molecule has 23 heavy (non-hydrogen) atoms. The molecule has 3 rings (SSSR count). The summed E-state index contributed by atoms with van der Waals surface area (Å²) in [6, 6.07) is 7.61. The van der Waals surface area contributed by atoms with E-state index in [0.29, 0.717) is 10.7 Å². The second-order valence-electron chi connectivity index (χ2n) is 5.67. The molecule has 0 saturated carbocycles. The molecule has 4 nitrogen and oxygen atoms in total. The van der Waals surface area contributed by atoms with Gasteiger partial charge in [0.05, 0.1) is 18.3 Å². The highest BCUT2D eigenvalue weighted by atomic mass is 35.5. The molecule has 2 heterocycles. The van der Waals surface area contributed by atoms with Gasteiger partial charge in [-0.2, -0.15) is 0 Å². The molecule has 0 fully saturated rings. The number of hydrogen-bond acceptors (Lipinski definition) is 3. The Morgan fingerprint density at radius 2 is 2.09 bits per heavy atom. The number of ether oxygens (including phenoxy) is 1. The van der Waals surface area contributed by atoms with Crippen LogP contribution in [0.4, 0.5) is 0 Å². The van der Waals surface area contributed by atoms with Crippen LogP contribution in [0.2, 0.25) is 5.02 Å². The number of fused-ring (bicyclic) bond motifs is 3. The van der Waals surface area contributed by atoms with Crippen LogP contribution in [0, 0.1) is 0 Å². The van der Waals surface area contributed by atoms with Gasteiger partial charge in [-0.1, -0.05) is 24.9 Å². The largest absolute Gasteiger partial charge is 0.464 e. The number of pyridine rings is 1. The number of esters is 1. The molecule has 120 valence electrons.